The van der Waals surface area contributed by atoms with Gasteiger partial charge in [-0.2, -0.15) is 0 Å². The fraction of sp³-hybridized carbons (Fsp3) is 0.269. The fourth-order valence-electron chi connectivity index (χ4n) is 4.01. The Bertz CT molecular complexity index is 1170. The molecule has 2 amide bonds. The molecule has 4 rings (SSSR count). The van der Waals surface area contributed by atoms with E-state index in [1.54, 1.807) is 24.3 Å². The van der Waals surface area contributed by atoms with E-state index < -0.39 is 6.04 Å². The third-order valence-electron chi connectivity index (χ3n) is 5.66. The highest BCUT2D eigenvalue weighted by Gasteiger charge is 2.35. The number of fused-ring (bicyclic) bond motifs is 1. The maximum Gasteiger partial charge on any atom is 0.255 e. The minimum Gasteiger partial charge on any atom is -0.493 e. The van der Waals surface area contributed by atoms with Crippen LogP contribution in [0.25, 0.3) is 0 Å². The maximum absolute atomic E-state index is 13.2. The Labute approximate surface area is 194 Å². The Balaban J connectivity index is 0.00000324. The van der Waals surface area contributed by atoms with Crippen LogP contribution in [-0.2, 0) is 11.3 Å². The lowest BCUT2D eigenvalue weighted by Gasteiger charge is -2.28. The average Bonchev–Trinajstić information content (AvgIpc) is 3.16. The highest BCUT2D eigenvalue weighted by molar-refractivity contribution is 5.99. The molecular formula is C26H29N3O4. The number of carbonyl (C=O) groups is 2. The average molecular weight is 448 g/mol. The second-order valence-electron chi connectivity index (χ2n) is 7.92. The van der Waals surface area contributed by atoms with Crippen molar-refractivity contribution in [2.24, 2.45) is 0 Å². The lowest BCUT2D eigenvalue weighted by molar-refractivity contribution is -0.117. The van der Waals surface area contributed by atoms with E-state index in [0.717, 1.165) is 16.7 Å². The number of aryl methyl sites for hydroxylation is 1. The summed E-state index contributed by atoms with van der Waals surface area (Å²) < 4.78 is 11.1. The van der Waals surface area contributed by atoms with Crippen LogP contribution in [0.4, 0.5) is 5.82 Å². The summed E-state index contributed by atoms with van der Waals surface area (Å²) in [5.41, 5.74) is 3.42. The first-order chi connectivity index (χ1) is 16.0. The van der Waals surface area contributed by atoms with Crippen LogP contribution < -0.4 is 14.8 Å². The van der Waals surface area contributed by atoms with E-state index in [1.807, 2.05) is 62.4 Å². The van der Waals surface area contributed by atoms with E-state index >= 15 is 0 Å². The quantitative estimate of drug-likeness (QED) is 0.538. The van der Waals surface area contributed by atoms with Crippen LogP contribution in [0.15, 0.2) is 60.8 Å². The SMILES string of the molecule is CCOc1ccc(C(CC(=O)Nc2ccc(C)cn2)N2Cc3ccccc3C2=O)cc1OC.[HH]. The lowest BCUT2D eigenvalue weighted by Crippen LogP contribution is -2.32. The predicted octanol–water partition coefficient (Wildman–Crippen LogP) is 4.77. The zero-order chi connectivity index (χ0) is 23.4. The first kappa shape index (κ1) is 22.3. The summed E-state index contributed by atoms with van der Waals surface area (Å²) in [6.45, 7) is 4.78. The van der Waals surface area contributed by atoms with Crippen molar-refractivity contribution >= 4 is 17.6 Å². The number of nitrogens with zero attached hydrogens (tertiary/aromatic N) is 2. The summed E-state index contributed by atoms with van der Waals surface area (Å²) in [5, 5.41) is 2.85. The highest BCUT2D eigenvalue weighted by Crippen LogP contribution is 2.37. The number of aromatic nitrogens is 1. The molecule has 1 N–H and O–H groups in total. The van der Waals surface area contributed by atoms with E-state index in [9.17, 15) is 9.59 Å². The predicted molar refractivity (Wildman–Crippen MR) is 128 cm³/mol. The molecule has 1 unspecified atom stereocenters. The molecular weight excluding hydrogens is 418 g/mol. The van der Waals surface area contributed by atoms with E-state index in [-0.39, 0.29) is 19.7 Å². The standard InChI is InChI=1S/C26H27N3O4.H2/c1-4-33-22-11-10-18(13-23(22)32-3)21(14-25(30)28-24-12-9-17(2)15-27-24)29-16-19-7-5-6-8-20(19)26(29)31;/h5-13,15,21H,4,14,16H2,1-3H3,(H,27,28,30);1H. The largest absolute Gasteiger partial charge is 0.493 e. The van der Waals surface area contributed by atoms with E-state index in [2.05, 4.69) is 10.3 Å². The molecule has 0 aliphatic carbocycles. The molecule has 2 aromatic carbocycles. The van der Waals surface area contributed by atoms with Crippen LogP contribution >= 0.6 is 0 Å². The van der Waals surface area contributed by atoms with Gasteiger partial charge in [-0.3, -0.25) is 9.59 Å². The Hall–Kier alpha value is -3.87. The van der Waals surface area contributed by atoms with Gasteiger partial charge in [-0.1, -0.05) is 30.3 Å². The summed E-state index contributed by atoms with van der Waals surface area (Å²) in [4.78, 5) is 32.2. The molecule has 0 saturated heterocycles. The minimum absolute atomic E-state index is 0. The van der Waals surface area contributed by atoms with E-state index in [0.29, 0.717) is 36.0 Å². The first-order valence-electron chi connectivity index (χ1n) is 10.9. The molecule has 1 aromatic heterocycles. The summed E-state index contributed by atoms with van der Waals surface area (Å²) in [6.07, 6.45) is 1.78. The molecule has 1 aliphatic heterocycles. The number of methoxy groups -OCH3 is 1. The van der Waals surface area contributed by atoms with Crippen molar-refractivity contribution < 1.29 is 20.5 Å². The van der Waals surface area contributed by atoms with Crippen molar-refractivity contribution in [2.75, 3.05) is 19.0 Å². The van der Waals surface area contributed by atoms with Gasteiger partial charge >= 0.3 is 0 Å². The lowest BCUT2D eigenvalue weighted by atomic mass is 10.0. The molecule has 33 heavy (non-hydrogen) atoms. The van der Waals surface area contributed by atoms with Crippen LogP contribution in [0.1, 0.15) is 47.9 Å². The van der Waals surface area contributed by atoms with Crippen LogP contribution in [-0.4, -0.2) is 35.4 Å². The minimum atomic E-state index is -0.486. The van der Waals surface area contributed by atoms with Gasteiger partial charge in [0.25, 0.3) is 5.91 Å². The second-order valence-corrected chi connectivity index (χ2v) is 7.92. The van der Waals surface area contributed by atoms with Crippen molar-refractivity contribution in [3.05, 3.63) is 83.0 Å². The third kappa shape index (κ3) is 4.82. The highest BCUT2D eigenvalue weighted by atomic mass is 16.5. The molecule has 0 radical (unpaired) electrons. The number of hydrogen-bond donors (Lipinski definition) is 1. The molecule has 2 heterocycles. The van der Waals surface area contributed by atoms with Gasteiger partial charge in [-0.25, -0.2) is 4.98 Å². The van der Waals surface area contributed by atoms with Crippen molar-refractivity contribution in [1.29, 1.82) is 0 Å². The molecule has 7 heteroatoms. The van der Waals surface area contributed by atoms with Gasteiger partial charge < -0.3 is 19.7 Å². The van der Waals surface area contributed by atoms with Gasteiger partial charge in [0.1, 0.15) is 5.82 Å². The van der Waals surface area contributed by atoms with Gasteiger partial charge in [-0.05, 0) is 54.8 Å². The Morgan fingerprint density at radius 2 is 2.00 bits per heavy atom. The maximum atomic E-state index is 13.2. The topological polar surface area (TPSA) is 80.8 Å². The van der Waals surface area contributed by atoms with Gasteiger partial charge in [0.05, 0.1) is 26.2 Å². The van der Waals surface area contributed by atoms with Gasteiger partial charge in [0, 0.05) is 19.7 Å². The van der Waals surface area contributed by atoms with Gasteiger partial charge in [0.15, 0.2) is 11.5 Å². The second kappa shape index (κ2) is 9.73. The van der Waals surface area contributed by atoms with Crippen molar-refractivity contribution in [2.45, 2.75) is 32.9 Å². The summed E-state index contributed by atoms with van der Waals surface area (Å²) in [7, 11) is 1.57. The van der Waals surface area contributed by atoms with Gasteiger partial charge in [-0.15, -0.1) is 0 Å². The van der Waals surface area contributed by atoms with Crippen LogP contribution in [0, 0.1) is 6.92 Å². The Morgan fingerprint density at radius 1 is 1.18 bits per heavy atom. The summed E-state index contributed by atoms with van der Waals surface area (Å²) >= 11 is 0. The van der Waals surface area contributed by atoms with E-state index in [4.69, 9.17) is 9.47 Å². The van der Waals surface area contributed by atoms with Crippen LogP contribution in [0.5, 0.6) is 11.5 Å². The number of nitrogens with one attached hydrogen (secondary N) is 1. The summed E-state index contributed by atoms with van der Waals surface area (Å²) in [5.74, 6) is 1.33. The number of pyridine rings is 1. The number of ether oxygens (including phenoxy) is 2. The monoisotopic (exact) mass is 447 g/mol. The molecule has 7 nitrogen and oxygen atoms in total. The molecule has 3 aromatic rings. The van der Waals surface area contributed by atoms with Gasteiger partial charge in [0.2, 0.25) is 5.91 Å². The molecule has 1 aliphatic rings. The number of anilines is 1. The van der Waals surface area contributed by atoms with E-state index in [1.165, 1.54) is 0 Å². The van der Waals surface area contributed by atoms with Crippen LogP contribution in [0.3, 0.4) is 0 Å². The molecule has 172 valence electrons. The zero-order valence-corrected chi connectivity index (χ0v) is 19.0. The molecule has 0 spiro atoms. The smallest absolute Gasteiger partial charge is 0.255 e. The fourth-order valence-corrected chi connectivity index (χ4v) is 4.01. The van der Waals surface area contributed by atoms with Crippen LogP contribution in [0.2, 0.25) is 0 Å². The Morgan fingerprint density at radius 3 is 2.70 bits per heavy atom. The molecule has 0 fully saturated rings. The van der Waals surface area contributed by atoms with Crippen molar-refractivity contribution in [3.8, 4) is 11.5 Å². The number of hydrogen-bond acceptors (Lipinski definition) is 5. The summed E-state index contributed by atoms with van der Waals surface area (Å²) in [6, 6.07) is 16.2. The van der Waals surface area contributed by atoms with Crippen molar-refractivity contribution in [3.63, 3.8) is 0 Å². The zero-order valence-electron chi connectivity index (χ0n) is 19.0. The third-order valence-corrected chi connectivity index (χ3v) is 5.66. The first-order valence-corrected chi connectivity index (χ1v) is 10.9. The number of carbonyl (C=O) groups excluding carboxylic acids is 2. The Kier molecular flexibility index (Phi) is 6.58. The normalized spacial score (nSPS) is 13.4. The number of benzene rings is 2. The molecule has 0 bridgehead atoms. The number of rotatable bonds is 8. The molecule has 0 saturated carbocycles. The number of amides is 2. The van der Waals surface area contributed by atoms with Crippen molar-refractivity contribution in [1.82, 2.24) is 9.88 Å². The molecule has 1 atom stereocenters.